The van der Waals surface area contributed by atoms with E-state index in [1.165, 1.54) is 4.68 Å². The molecule has 1 aromatic heterocycles. The van der Waals surface area contributed by atoms with Gasteiger partial charge in [0.2, 0.25) is 0 Å². The van der Waals surface area contributed by atoms with Crippen LogP contribution < -0.4 is 10.9 Å². The molecule has 8 heteroatoms. The van der Waals surface area contributed by atoms with Crippen LogP contribution in [0, 0.1) is 23.7 Å². The highest BCUT2D eigenvalue weighted by Crippen LogP contribution is 2.61. The van der Waals surface area contributed by atoms with E-state index in [9.17, 15) is 14.7 Å². The number of ether oxygens (including phenoxy) is 1. The van der Waals surface area contributed by atoms with Crippen LogP contribution >= 0.6 is 11.6 Å². The van der Waals surface area contributed by atoms with Gasteiger partial charge in [-0.15, -0.1) is 0 Å². The van der Waals surface area contributed by atoms with Gasteiger partial charge < -0.3 is 15.2 Å². The molecule has 7 nitrogen and oxygen atoms in total. The lowest BCUT2D eigenvalue weighted by atomic mass is 9.48. The molecule has 4 fully saturated rings. The van der Waals surface area contributed by atoms with Crippen molar-refractivity contribution in [2.75, 3.05) is 25.1 Å². The molecule has 0 aliphatic heterocycles. The summed E-state index contributed by atoms with van der Waals surface area (Å²) in [4.78, 5) is 25.3. The van der Waals surface area contributed by atoms with Crippen LogP contribution in [-0.2, 0) is 15.1 Å². The maximum atomic E-state index is 13.1. The predicted octanol–water partition coefficient (Wildman–Crippen LogP) is 2.97. The standard InChI is InChI=1S/C20H28ClN3O4/c1-2-28-5-3-4-22-15-11-23-24(18(25)17(15)21)20-9-12-6-13(10-20)8-14(7-12)16(20)19(26)27/h11-14,16,22H,2-10H2,1H3,(H,26,27). The molecule has 4 aliphatic carbocycles. The number of anilines is 1. The molecular weight excluding hydrogens is 382 g/mol. The molecule has 0 spiro atoms. The number of carboxylic acid groups (broad SMARTS) is 1. The molecule has 0 saturated heterocycles. The maximum Gasteiger partial charge on any atom is 0.309 e. The first kappa shape index (κ1) is 19.7. The highest BCUT2D eigenvalue weighted by atomic mass is 35.5. The molecule has 28 heavy (non-hydrogen) atoms. The summed E-state index contributed by atoms with van der Waals surface area (Å²) in [6.07, 6.45) is 6.84. The summed E-state index contributed by atoms with van der Waals surface area (Å²) in [5, 5.41) is 17.6. The molecule has 4 bridgehead atoms. The normalized spacial score (nSPS) is 33.2. The largest absolute Gasteiger partial charge is 0.481 e. The fourth-order valence-corrected chi connectivity index (χ4v) is 6.34. The van der Waals surface area contributed by atoms with Gasteiger partial charge in [-0.25, -0.2) is 4.68 Å². The number of rotatable bonds is 8. The first-order valence-electron chi connectivity index (χ1n) is 10.3. The molecule has 4 aliphatic rings. The van der Waals surface area contributed by atoms with E-state index < -0.39 is 17.4 Å². The lowest BCUT2D eigenvalue weighted by molar-refractivity contribution is -0.168. The van der Waals surface area contributed by atoms with Crippen molar-refractivity contribution in [3.05, 3.63) is 21.6 Å². The molecule has 2 N–H and O–H groups in total. The van der Waals surface area contributed by atoms with Crippen LogP contribution in [-0.4, -0.2) is 40.6 Å². The summed E-state index contributed by atoms with van der Waals surface area (Å²) < 4.78 is 6.73. The van der Waals surface area contributed by atoms with Crippen LogP contribution in [0.2, 0.25) is 5.02 Å². The van der Waals surface area contributed by atoms with E-state index in [1.807, 2.05) is 6.92 Å². The average Bonchev–Trinajstić information content (AvgIpc) is 2.63. The van der Waals surface area contributed by atoms with Crippen LogP contribution in [0.15, 0.2) is 11.0 Å². The molecule has 154 valence electrons. The fraction of sp³-hybridized carbons (Fsp3) is 0.750. The lowest BCUT2D eigenvalue weighted by Crippen LogP contribution is -2.63. The van der Waals surface area contributed by atoms with E-state index in [2.05, 4.69) is 10.4 Å². The number of carbonyl (C=O) groups is 1. The number of nitrogens with zero attached hydrogens (tertiary/aromatic N) is 2. The van der Waals surface area contributed by atoms with E-state index in [4.69, 9.17) is 16.3 Å². The third-order valence-corrected chi connectivity index (χ3v) is 7.23. The highest BCUT2D eigenvalue weighted by molar-refractivity contribution is 6.32. The Morgan fingerprint density at radius 3 is 2.75 bits per heavy atom. The minimum absolute atomic E-state index is 0.0892. The summed E-state index contributed by atoms with van der Waals surface area (Å²) in [6, 6.07) is 0. The summed E-state index contributed by atoms with van der Waals surface area (Å²) in [5.74, 6) is -0.278. The minimum Gasteiger partial charge on any atom is -0.481 e. The molecule has 0 radical (unpaired) electrons. The molecule has 4 saturated carbocycles. The molecule has 5 rings (SSSR count). The van der Waals surface area contributed by atoms with Crippen molar-refractivity contribution in [3.8, 4) is 0 Å². The van der Waals surface area contributed by atoms with Crippen LogP contribution in [0.5, 0.6) is 0 Å². The summed E-state index contributed by atoms with van der Waals surface area (Å²) in [6.45, 7) is 3.88. The van der Waals surface area contributed by atoms with Gasteiger partial charge in [0.05, 0.1) is 23.3 Å². The van der Waals surface area contributed by atoms with Gasteiger partial charge in [0, 0.05) is 19.8 Å². The Morgan fingerprint density at radius 2 is 2.11 bits per heavy atom. The highest BCUT2D eigenvalue weighted by Gasteiger charge is 2.61. The van der Waals surface area contributed by atoms with Gasteiger partial charge in [-0.05, 0) is 63.2 Å². The quantitative estimate of drug-likeness (QED) is 0.641. The maximum absolute atomic E-state index is 13.1. The Hall–Kier alpha value is -1.60. The Bertz CT molecular complexity index is 797. The molecule has 1 heterocycles. The first-order chi connectivity index (χ1) is 13.5. The van der Waals surface area contributed by atoms with Crippen LogP contribution in [0.4, 0.5) is 5.69 Å². The van der Waals surface area contributed by atoms with E-state index in [0.29, 0.717) is 50.1 Å². The van der Waals surface area contributed by atoms with Crippen molar-refractivity contribution >= 4 is 23.3 Å². The third-order valence-electron chi connectivity index (χ3n) is 6.87. The van der Waals surface area contributed by atoms with Crippen LogP contribution in [0.3, 0.4) is 0 Å². The number of nitrogens with one attached hydrogen (secondary N) is 1. The van der Waals surface area contributed by atoms with Crippen molar-refractivity contribution in [1.29, 1.82) is 0 Å². The number of aromatic nitrogens is 2. The van der Waals surface area contributed by atoms with E-state index >= 15 is 0 Å². The van der Waals surface area contributed by atoms with Gasteiger partial charge in [0.15, 0.2) is 0 Å². The Balaban J connectivity index is 1.62. The number of halogens is 1. The minimum atomic E-state index is -0.813. The zero-order valence-electron chi connectivity index (χ0n) is 16.2. The Labute approximate surface area is 169 Å². The van der Waals surface area contributed by atoms with E-state index in [1.54, 1.807) is 6.20 Å². The van der Waals surface area contributed by atoms with Gasteiger partial charge in [0.25, 0.3) is 5.56 Å². The monoisotopic (exact) mass is 409 g/mol. The second-order valence-electron chi connectivity index (χ2n) is 8.59. The molecule has 0 amide bonds. The second-order valence-corrected chi connectivity index (χ2v) is 8.97. The number of aliphatic carboxylic acids is 1. The second kappa shape index (κ2) is 7.67. The van der Waals surface area contributed by atoms with Crippen molar-refractivity contribution in [3.63, 3.8) is 0 Å². The third kappa shape index (κ3) is 3.22. The first-order valence-corrected chi connectivity index (χ1v) is 10.7. The number of hydrogen-bond donors (Lipinski definition) is 2. The zero-order valence-corrected chi connectivity index (χ0v) is 17.0. The number of hydrogen-bond acceptors (Lipinski definition) is 5. The summed E-state index contributed by atoms with van der Waals surface area (Å²) in [7, 11) is 0. The SMILES string of the molecule is CCOCCCNc1cnn(C23CC4CC(CC(C4)C2C(=O)O)C3)c(=O)c1Cl. The van der Waals surface area contributed by atoms with Crippen molar-refractivity contribution in [2.24, 2.45) is 23.7 Å². The van der Waals surface area contributed by atoms with Crippen LogP contribution in [0.25, 0.3) is 0 Å². The van der Waals surface area contributed by atoms with E-state index in [-0.39, 0.29) is 16.5 Å². The van der Waals surface area contributed by atoms with Crippen LogP contribution in [0.1, 0.15) is 45.4 Å². The number of carboxylic acids is 1. The molecule has 0 aromatic carbocycles. The topological polar surface area (TPSA) is 93.4 Å². The molecular formula is C20H28ClN3O4. The van der Waals surface area contributed by atoms with Crippen molar-refractivity contribution < 1.29 is 14.6 Å². The Morgan fingerprint density at radius 1 is 1.39 bits per heavy atom. The molecule has 3 atom stereocenters. The average molecular weight is 410 g/mol. The van der Waals surface area contributed by atoms with Crippen molar-refractivity contribution in [1.82, 2.24) is 9.78 Å². The smallest absolute Gasteiger partial charge is 0.309 e. The predicted molar refractivity (Wildman–Crippen MR) is 106 cm³/mol. The molecule has 1 aromatic rings. The summed E-state index contributed by atoms with van der Waals surface area (Å²) in [5.41, 5.74) is -0.630. The van der Waals surface area contributed by atoms with Gasteiger partial charge >= 0.3 is 5.97 Å². The fourth-order valence-electron chi connectivity index (χ4n) is 6.15. The van der Waals surface area contributed by atoms with Gasteiger partial charge in [-0.2, -0.15) is 5.10 Å². The lowest BCUT2D eigenvalue weighted by Gasteiger charge is -2.59. The molecule has 3 unspecified atom stereocenters. The van der Waals surface area contributed by atoms with Gasteiger partial charge in [0.1, 0.15) is 5.02 Å². The van der Waals surface area contributed by atoms with Gasteiger partial charge in [-0.3, -0.25) is 9.59 Å². The zero-order chi connectivity index (χ0) is 19.9. The Kier molecular flexibility index (Phi) is 5.40. The summed E-state index contributed by atoms with van der Waals surface area (Å²) >= 11 is 6.39. The van der Waals surface area contributed by atoms with Crippen molar-refractivity contribution in [2.45, 2.75) is 51.0 Å². The van der Waals surface area contributed by atoms with E-state index in [0.717, 1.165) is 25.7 Å². The van der Waals surface area contributed by atoms with Gasteiger partial charge in [-0.1, -0.05) is 11.6 Å².